The van der Waals surface area contributed by atoms with E-state index in [1.165, 1.54) is 12.3 Å². The Kier molecular flexibility index (Phi) is 2.77. The summed E-state index contributed by atoms with van der Waals surface area (Å²) in [5.41, 5.74) is -1.09. The number of pyridine rings is 1. The molecule has 8 heteroatoms. The first kappa shape index (κ1) is 12.1. The van der Waals surface area contributed by atoms with E-state index in [2.05, 4.69) is 10.1 Å². The maximum Gasteiger partial charge on any atom is 0.432 e. The lowest BCUT2D eigenvalue weighted by Gasteiger charge is -2.00. The molecule has 0 bridgehead atoms. The van der Waals surface area contributed by atoms with Gasteiger partial charge in [-0.25, -0.2) is 4.79 Å². The van der Waals surface area contributed by atoms with Gasteiger partial charge in [-0.15, -0.1) is 0 Å². The van der Waals surface area contributed by atoms with Crippen molar-refractivity contribution in [3.63, 3.8) is 0 Å². The average Bonchev–Trinajstić information content (AvgIpc) is 2.78. The summed E-state index contributed by atoms with van der Waals surface area (Å²) in [6.45, 7) is 0. The lowest BCUT2D eigenvalue weighted by molar-refractivity contribution is -0.141. The van der Waals surface area contributed by atoms with Gasteiger partial charge in [0.05, 0.1) is 11.3 Å². The Morgan fingerprint density at radius 2 is 2.00 bits per heavy atom. The van der Waals surface area contributed by atoms with E-state index in [0.29, 0.717) is 0 Å². The molecule has 0 aliphatic carbocycles. The van der Waals surface area contributed by atoms with Crippen molar-refractivity contribution in [3.8, 4) is 11.4 Å². The number of carbonyl (C=O) groups is 1. The lowest BCUT2D eigenvalue weighted by atomic mass is 10.2. The number of halogens is 3. The Balaban J connectivity index is 2.40. The largest absolute Gasteiger partial charge is 0.478 e. The van der Waals surface area contributed by atoms with Gasteiger partial charge in [-0.05, 0) is 18.2 Å². The van der Waals surface area contributed by atoms with E-state index >= 15 is 0 Å². The summed E-state index contributed by atoms with van der Waals surface area (Å²) in [5, 5.41) is 14.0. The number of hydrogen-bond acceptors (Lipinski definition) is 3. The second-order valence-corrected chi connectivity index (χ2v) is 3.40. The standard InChI is InChI=1S/C10H6F3N3O2/c11-10(12,13)8-4-7(15-16-8)6-3-5(9(17)18)1-2-14-6/h1-4H,(H,15,16)(H,17,18). The minimum absolute atomic E-state index is 0.0571. The number of carboxylic acids is 1. The molecule has 0 amide bonds. The highest BCUT2D eigenvalue weighted by Gasteiger charge is 2.33. The summed E-state index contributed by atoms with van der Waals surface area (Å²) in [4.78, 5) is 14.5. The molecule has 18 heavy (non-hydrogen) atoms. The average molecular weight is 257 g/mol. The number of carboxylic acid groups (broad SMARTS) is 1. The third-order valence-electron chi connectivity index (χ3n) is 2.15. The van der Waals surface area contributed by atoms with Gasteiger partial charge in [-0.3, -0.25) is 10.1 Å². The van der Waals surface area contributed by atoms with Gasteiger partial charge in [-0.1, -0.05) is 0 Å². The predicted molar refractivity (Wildman–Crippen MR) is 53.8 cm³/mol. The van der Waals surface area contributed by atoms with E-state index in [4.69, 9.17) is 5.11 Å². The molecule has 5 nitrogen and oxygen atoms in total. The quantitative estimate of drug-likeness (QED) is 0.864. The first-order valence-electron chi connectivity index (χ1n) is 4.70. The Morgan fingerprint density at radius 1 is 1.28 bits per heavy atom. The molecule has 2 heterocycles. The minimum atomic E-state index is -4.53. The fraction of sp³-hybridized carbons (Fsp3) is 0.100. The molecule has 0 atom stereocenters. The highest BCUT2D eigenvalue weighted by atomic mass is 19.4. The molecule has 0 spiro atoms. The molecule has 0 saturated carbocycles. The van der Waals surface area contributed by atoms with Crippen LogP contribution in [0.2, 0.25) is 0 Å². The first-order valence-corrected chi connectivity index (χ1v) is 4.70. The number of hydrogen-bond donors (Lipinski definition) is 2. The summed E-state index contributed by atoms with van der Waals surface area (Å²) in [5.74, 6) is -1.19. The predicted octanol–water partition coefficient (Wildman–Crippen LogP) is 2.19. The normalized spacial score (nSPS) is 11.5. The van der Waals surface area contributed by atoms with Gasteiger partial charge in [-0.2, -0.15) is 18.3 Å². The Labute approximate surface area is 98.3 Å². The topological polar surface area (TPSA) is 78.9 Å². The van der Waals surface area contributed by atoms with Crippen LogP contribution in [0, 0.1) is 0 Å². The fourth-order valence-corrected chi connectivity index (χ4v) is 1.30. The monoisotopic (exact) mass is 257 g/mol. The first-order chi connectivity index (χ1) is 8.38. The van der Waals surface area contributed by atoms with E-state index in [1.807, 2.05) is 5.10 Å². The van der Waals surface area contributed by atoms with Gasteiger partial charge in [0.1, 0.15) is 11.4 Å². The van der Waals surface area contributed by atoms with Gasteiger partial charge in [0.15, 0.2) is 0 Å². The summed E-state index contributed by atoms with van der Waals surface area (Å²) >= 11 is 0. The maximum absolute atomic E-state index is 12.3. The van der Waals surface area contributed by atoms with Crippen molar-refractivity contribution in [1.82, 2.24) is 15.2 Å². The Hall–Kier alpha value is -2.38. The highest BCUT2D eigenvalue weighted by Crippen LogP contribution is 2.29. The molecule has 2 aromatic heterocycles. The van der Waals surface area contributed by atoms with E-state index in [0.717, 1.165) is 12.1 Å². The molecular formula is C10H6F3N3O2. The van der Waals surface area contributed by atoms with Crippen LogP contribution < -0.4 is 0 Å². The van der Waals surface area contributed by atoms with Crippen molar-refractivity contribution in [2.75, 3.05) is 0 Å². The summed E-state index contributed by atoms with van der Waals surface area (Å²) in [6.07, 6.45) is -3.34. The van der Waals surface area contributed by atoms with Crippen molar-refractivity contribution in [2.45, 2.75) is 6.18 Å². The van der Waals surface area contributed by atoms with Crippen LogP contribution in [0.1, 0.15) is 16.1 Å². The number of aromatic amines is 1. The number of rotatable bonds is 2. The van der Waals surface area contributed by atoms with Gasteiger partial charge in [0, 0.05) is 6.20 Å². The van der Waals surface area contributed by atoms with Gasteiger partial charge >= 0.3 is 12.1 Å². The minimum Gasteiger partial charge on any atom is -0.478 e. The molecule has 0 unspecified atom stereocenters. The van der Waals surface area contributed by atoms with Gasteiger partial charge in [0.25, 0.3) is 0 Å². The molecule has 2 N–H and O–H groups in total. The van der Waals surface area contributed by atoms with Crippen LogP contribution in [0.5, 0.6) is 0 Å². The fourth-order valence-electron chi connectivity index (χ4n) is 1.30. The third-order valence-corrected chi connectivity index (χ3v) is 2.15. The van der Waals surface area contributed by atoms with E-state index in [-0.39, 0.29) is 17.0 Å². The van der Waals surface area contributed by atoms with Crippen LogP contribution in [-0.2, 0) is 6.18 Å². The van der Waals surface area contributed by atoms with Crippen LogP contribution in [-0.4, -0.2) is 26.3 Å². The second-order valence-electron chi connectivity index (χ2n) is 3.40. The van der Waals surface area contributed by atoms with E-state index < -0.39 is 17.8 Å². The maximum atomic E-state index is 12.3. The summed E-state index contributed by atoms with van der Waals surface area (Å²) in [6, 6.07) is 3.16. The zero-order valence-corrected chi connectivity index (χ0v) is 8.69. The molecule has 94 valence electrons. The number of alkyl halides is 3. The number of aromatic nitrogens is 3. The third kappa shape index (κ3) is 2.31. The Morgan fingerprint density at radius 3 is 2.56 bits per heavy atom. The molecule has 2 aromatic rings. The SMILES string of the molecule is O=C(O)c1ccnc(-c2cc(C(F)(F)F)[nH]n2)c1. The van der Waals surface area contributed by atoms with Crippen molar-refractivity contribution >= 4 is 5.97 Å². The van der Waals surface area contributed by atoms with Crippen molar-refractivity contribution < 1.29 is 23.1 Å². The lowest BCUT2D eigenvalue weighted by Crippen LogP contribution is -2.04. The van der Waals surface area contributed by atoms with Crippen LogP contribution in [0.3, 0.4) is 0 Å². The van der Waals surface area contributed by atoms with E-state index in [1.54, 1.807) is 0 Å². The van der Waals surface area contributed by atoms with Crippen molar-refractivity contribution in [1.29, 1.82) is 0 Å². The number of nitrogens with zero attached hydrogens (tertiary/aromatic N) is 2. The van der Waals surface area contributed by atoms with Crippen LogP contribution in [0.15, 0.2) is 24.4 Å². The Bertz CT molecular complexity index is 592. The van der Waals surface area contributed by atoms with Crippen LogP contribution >= 0.6 is 0 Å². The van der Waals surface area contributed by atoms with Crippen molar-refractivity contribution in [3.05, 3.63) is 35.7 Å². The second kappa shape index (κ2) is 4.13. The molecule has 2 rings (SSSR count). The smallest absolute Gasteiger partial charge is 0.432 e. The summed E-state index contributed by atoms with van der Waals surface area (Å²) in [7, 11) is 0. The van der Waals surface area contributed by atoms with Crippen molar-refractivity contribution in [2.24, 2.45) is 0 Å². The van der Waals surface area contributed by atoms with Gasteiger partial charge in [0.2, 0.25) is 0 Å². The van der Waals surface area contributed by atoms with E-state index in [9.17, 15) is 18.0 Å². The molecule has 0 saturated heterocycles. The summed E-state index contributed by atoms with van der Waals surface area (Å²) < 4.78 is 37.0. The van der Waals surface area contributed by atoms with Gasteiger partial charge < -0.3 is 5.11 Å². The zero-order chi connectivity index (χ0) is 13.3. The van der Waals surface area contributed by atoms with Crippen LogP contribution in [0.25, 0.3) is 11.4 Å². The molecule has 0 aliphatic heterocycles. The molecule has 0 aromatic carbocycles. The molecular weight excluding hydrogens is 251 g/mol. The molecule has 0 fully saturated rings. The zero-order valence-electron chi connectivity index (χ0n) is 8.69. The highest BCUT2D eigenvalue weighted by molar-refractivity contribution is 5.88. The molecule has 0 radical (unpaired) electrons. The number of nitrogens with one attached hydrogen (secondary N) is 1. The van der Waals surface area contributed by atoms with Crippen LogP contribution in [0.4, 0.5) is 13.2 Å². The molecule has 0 aliphatic rings. The number of H-pyrrole nitrogens is 1. The number of aromatic carboxylic acids is 1.